The van der Waals surface area contributed by atoms with Crippen molar-refractivity contribution in [2.45, 2.75) is 20.0 Å². The molecule has 2 aromatic carbocycles. The van der Waals surface area contributed by atoms with Gasteiger partial charge >= 0.3 is 5.97 Å². The number of anilines is 6. The van der Waals surface area contributed by atoms with E-state index < -0.39 is 5.97 Å². The lowest BCUT2D eigenvalue weighted by molar-refractivity contribution is -0.111. The van der Waals surface area contributed by atoms with E-state index in [4.69, 9.17) is 9.47 Å². The Balaban J connectivity index is 1.76. The Morgan fingerprint density at radius 3 is 2.46 bits per heavy atom. The van der Waals surface area contributed by atoms with Crippen LogP contribution >= 0.6 is 0 Å². The number of aryl methyl sites for hydroxylation is 1. The maximum Gasteiger partial charge on any atom is 0.343 e. The van der Waals surface area contributed by atoms with E-state index in [1.165, 1.54) is 12.3 Å². The zero-order chi connectivity index (χ0) is 33.4. The second-order valence-electron chi connectivity index (χ2n) is 11.1. The third kappa shape index (κ3) is 8.39. The van der Waals surface area contributed by atoms with Gasteiger partial charge in [-0.1, -0.05) is 24.8 Å². The molecule has 0 aliphatic rings. The van der Waals surface area contributed by atoms with Crippen LogP contribution in [0.4, 0.5) is 34.5 Å². The first-order valence-corrected chi connectivity index (χ1v) is 14.7. The Labute approximate surface area is 269 Å². The maximum absolute atomic E-state index is 13.1. The monoisotopic (exact) mass is 627 g/mol. The SMILES string of the molecule is C=CC(=O)Nc1cc(Nc2ncc(C(=O)OC(C)C)c(Nc3ccccc3-c3ccn(C)n3)n2)c(OC)cc1N(C)CCN(C)C. The van der Waals surface area contributed by atoms with Gasteiger partial charge in [-0.2, -0.15) is 10.1 Å². The Hall–Kier alpha value is -5.43. The molecule has 13 heteroatoms. The zero-order valence-corrected chi connectivity index (χ0v) is 27.3. The first-order valence-electron chi connectivity index (χ1n) is 14.7. The molecule has 3 N–H and O–H groups in total. The van der Waals surface area contributed by atoms with Crippen molar-refractivity contribution in [1.29, 1.82) is 0 Å². The van der Waals surface area contributed by atoms with Gasteiger partial charge in [0.1, 0.15) is 11.3 Å². The van der Waals surface area contributed by atoms with Gasteiger partial charge in [0.25, 0.3) is 0 Å². The number of nitrogens with one attached hydrogen (secondary N) is 3. The molecule has 1 amide bonds. The van der Waals surface area contributed by atoms with Crippen molar-refractivity contribution in [2.75, 3.05) is 62.2 Å². The van der Waals surface area contributed by atoms with Crippen LogP contribution in [-0.2, 0) is 16.6 Å². The molecular weight excluding hydrogens is 586 g/mol. The number of carbonyl (C=O) groups excluding carboxylic acids is 2. The Morgan fingerprint density at radius 2 is 1.80 bits per heavy atom. The molecule has 0 spiro atoms. The van der Waals surface area contributed by atoms with Crippen LogP contribution in [0.1, 0.15) is 24.2 Å². The molecule has 0 saturated carbocycles. The van der Waals surface area contributed by atoms with E-state index in [1.54, 1.807) is 31.7 Å². The van der Waals surface area contributed by atoms with E-state index in [2.05, 4.69) is 42.5 Å². The highest BCUT2D eigenvalue weighted by Crippen LogP contribution is 2.38. The second kappa shape index (κ2) is 15.0. The highest BCUT2D eigenvalue weighted by atomic mass is 16.5. The van der Waals surface area contributed by atoms with Crippen molar-refractivity contribution < 1.29 is 19.1 Å². The van der Waals surface area contributed by atoms with Crippen LogP contribution < -0.4 is 25.6 Å². The molecule has 0 fully saturated rings. The van der Waals surface area contributed by atoms with Crippen LogP contribution in [0, 0.1) is 0 Å². The number of esters is 1. The summed E-state index contributed by atoms with van der Waals surface area (Å²) in [5, 5.41) is 13.9. The van der Waals surface area contributed by atoms with Gasteiger partial charge in [0.05, 0.1) is 36.0 Å². The van der Waals surface area contributed by atoms with Crippen molar-refractivity contribution in [3.8, 4) is 17.0 Å². The summed E-state index contributed by atoms with van der Waals surface area (Å²) in [7, 11) is 9.33. The lowest BCUT2D eigenvalue weighted by Gasteiger charge is -2.26. The van der Waals surface area contributed by atoms with E-state index in [0.717, 1.165) is 23.5 Å². The molecule has 0 atom stereocenters. The fraction of sp³-hybridized carbons (Fsp3) is 0.303. The molecule has 2 aromatic heterocycles. The number of amides is 1. The molecule has 46 heavy (non-hydrogen) atoms. The Bertz CT molecular complexity index is 1700. The summed E-state index contributed by atoms with van der Waals surface area (Å²) in [5.74, 6) is -0.0416. The van der Waals surface area contributed by atoms with Crippen LogP contribution in [0.5, 0.6) is 5.75 Å². The van der Waals surface area contributed by atoms with Crippen molar-refractivity contribution in [1.82, 2.24) is 24.6 Å². The number of para-hydroxylation sites is 1. The lowest BCUT2D eigenvalue weighted by Crippen LogP contribution is -2.29. The zero-order valence-electron chi connectivity index (χ0n) is 27.3. The third-order valence-corrected chi connectivity index (χ3v) is 6.82. The molecule has 0 saturated heterocycles. The summed E-state index contributed by atoms with van der Waals surface area (Å²) in [6, 6.07) is 13.1. The molecule has 0 aliphatic carbocycles. The largest absolute Gasteiger partial charge is 0.494 e. The topological polar surface area (TPSA) is 139 Å². The fourth-order valence-electron chi connectivity index (χ4n) is 4.49. The number of aromatic nitrogens is 4. The molecular formula is C33H41N9O4. The normalized spacial score (nSPS) is 10.9. The Morgan fingerprint density at radius 1 is 1.04 bits per heavy atom. The molecule has 2 heterocycles. The van der Waals surface area contributed by atoms with Gasteiger partial charge in [-0.3, -0.25) is 9.48 Å². The number of carbonyl (C=O) groups is 2. The van der Waals surface area contributed by atoms with Gasteiger partial charge in [0.15, 0.2) is 5.82 Å². The van der Waals surface area contributed by atoms with Crippen LogP contribution in [0.25, 0.3) is 11.3 Å². The van der Waals surface area contributed by atoms with Crippen molar-refractivity contribution >= 4 is 46.4 Å². The summed E-state index contributed by atoms with van der Waals surface area (Å²) < 4.78 is 12.9. The minimum Gasteiger partial charge on any atom is -0.494 e. The molecule has 0 radical (unpaired) electrons. The molecule has 4 rings (SSSR count). The number of hydrogen-bond donors (Lipinski definition) is 3. The smallest absolute Gasteiger partial charge is 0.343 e. The van der Waals surface area contributed by atoms with Crippen molar-refractivity contribution in [3.63, 3.8) is 0 Å². The van der Waals surface area contributed by atoms with Gasteiger partial charge in [0.2, 0.25) is 11.9 Å². The summed E-state index contributed by atoms with van der Waals surface area (Å²) >= 11 is 0. The first kappa shape index (κ1) is 33.5. The average molecular weight is 628 g/mol. The van der Waals surface area contributed by atoms with Crippen molar-refractivity contribution in [2.24, 2.45) is 7.05 Å². The molecule has 242 valence electrons. The number of ether oxygens (including phenoxy) is 2. The molecule has 0 unspecified atom stereocenters. The van der Waals surface area contributed by atoms with Crippen molar-refractivity contribution in [3.05, 3.63) is 73.1 Å². The molecule has 0 bridgehead atoms. The van der Waals surface area contributed by atoms with Gasteiger partial charge in [0, 0.05) is 56.9 Å². The maximum atomic E-state index is 13.1. The van der Waals surface area contributed by atoms with Crippen LogP contribution in [-0.4, -0.2) is 84.0 Å². The quantitative estimate of drug-likeness (QED) is 0.128. The number of likely N-dealkylation sites (N-methyl/N-ethyl adjacent to an activating group) is 2. The minimum absolute atomic E-state index is 0.152. The van der Waals surface area contributed by atoms with Crippen LogP contribution in [0.2, 0.25) is 0 Å². The van der Waals surface area contributed by atoms with Crippen LogP contribution in [0.3, 0.4) is 0 Å². The predicted octanol–water partition coefficient (Wildman–Crippen LogP) is 5.06. The highest BCUT2D eigenvalue weighted by Gasteiger charge is 2.21. The van der Waals surface area contributed by atoms with Gasteiger partial charge in [-0.05, 0) is 52.2 Å². The second-order valence-corrected chi connectivity index (χ2v) is 11.1. The van der Waals surface area contributed by atoms with Gasteiger partial charge in [-0.15, -0.1) is 0 Å². The van der Waals surface area contributed by atoms with Gasteiger partial charge < -0.3 is 35.2 Å². The predicted molar refractivity (Wildman–Crippen MR) is 181 cm³/mol. The average Bonchev–Trinajstić information content (AvgIpc) is 3.45. The number of nitrogens with zero attached hydrogens (tertiary/aromatic N) is 6. The first-order chi connectivity index (χ1) is 22.0. The number of benzene rings is 2. The van der Waals surface area contributed by atoms with Gasteiger partial charge in [-0.25, -0.2) is 9.78 Å². The third-order valence-electron chi connectivity index (χ3n) is 6.82. The minimum atomic E-state index is -0.573. The number of hydrogen-bond acceptors (Lipinski definition) is 11. The van der Waals surface area contributed by atoms with E-state index >= 15 is 0 Å². The standard InChI is InChI=1S/C33H41N9O4/c1-9-30(43)35-26-18-27(29(45-8)19-28(26)41(6)17-16-40(4)5)37-33-34-20-23(32(44)46-21(2)3)31(38-33)36-24-13-11-10-12-22(24)25-14-15-42(7)39-25/h9-15,18-21H,1,16-17H2,2-8H3,(H,35,43)(H2,34,36,37,38). The van der Waals surface area contributed by atoms with E-state index in [9.17, 15) is 9.59 Å². The van der Waals surface area contributed by atoms with E-state index in [0.29, 0.717) is 29.4 Å². The van der Waals surface area contributed by atoms with E-state index in [1.807, 2.05) is 75.7 Å². The van der Waals surface area contributed by atoms with Crippen LogP contribution in [0.15, 0.2) is 67.5 Å². The summed E-state index contributed by atoms with van der Waals surface area (Å²) in [6.07, 6.45) is 4.12. The lowest BCUT2D eigenvalue weighted by atomic mass is 10.1. The summed E-state index contributed by atoms with van der Waals surface area (Å²) in [4.78, 5) is 38.7. The number of rotatable bonds is 14. The molecule has 0 aliphatic heterocycles. The summed E-state index contributed by atoms with van der Waals surface area (Å²) in [6.45, 7) is 8.63. The molecule has 13 nitrogen and oxygen atoms in total. The highest BCUT2D eigenvalue weighted by molar-refractivity contribution is 6.02. The number of methoxy groups -OCH3 is 1. The Kier molecular flexibility index (Phi) is 10.9. The van der Waals surface area contributed by atoms with E-state index in [-0.39, 0.29) is 29.3 Å². The molecule has 4 aromatic rings. The fourth-order valence-corrected chi connectivity index (χ4v) is 4.49. The summed E-state index contributed by atoms with van der Waals surface area (Å²) in [5.41, 5.74) is 4.18.